The number of hydrazine groups is 1. The standard InChI is InChI=1S/C26H35N3O5S/c1-17(2)16-26(27-24(31)20-9-7-6-8-10-20)22(18(3)4)15-23(30)29(25(26)32)28-35(33,34)21-13-11-19(5)12-14-21/h6-14,17-18,22-23,28,30H,15-16H2,1-5H3,(H,27,31)/t22-,23-,26-/m0/s1. The zero-order valence-corrected chi connectivity index (χ0v) is 21.7. The lowest BCUT2D eigenvalue weighted by Crippen LogP contribution is -2.73. The zero-order chi connectivity index (χ0) is 26.0. The number of sulfonamides is 1. The van der Waals surface area contributed by atoms with Crippen molar-refractivity contribution in [1.29, 1.82) is 0 Å². The number of hydrogen-bond acceptors (Lipinski definition) is 5. The highest BCUT2D eigenvalue weighted by atomic mass is 32.2. The van der Waals surface area contributed by atoms with Crippen LogP contribution < -0.4 is 10.1 Å². The first-order valence-corrected chi connectivity index (χ1v) is 13.3. The molecule has 0 unspecified atom stereocenters. The molecule has 0 aromatic heterocycles. The van der Waals surface area contributed by atoms with Gasteiger partial charge in [-0.25, -0.2) is 13.4 Å². The van der Waals surface area contributed by atoms with Gasteiger partial charge in [0.05, 0.1) is 4.90 Å². The second kappa shape index (κ2) is 10.5. The van der Waals surface area contributed by atoms with E-state index in [0.717, 1.165) is 10.6 Å². The van der Waals surface area contributed by atoms with Crippen LogP contribution in [-0.2, 0) is 14.8 Å². The lowest BCUT2D eigenvalue weighted by molar-refractivity contribution is -0.170. The van der Waals surface area contributed by atoms with E-state index in [1.807, 2.05) is 34.6 Å². The van der Waals surface area contributed by atoms with Crippen LogP contribution in [-0.4, -0.2) is 42.1 Å². The van der Waals surface area contributed by atoms with Crippen molar-refractivity contribution in [1.82, 2.24) is 15.2 Å². The number of amides is 2. The predicted octanol–water partition coefficient (Wildman–Crippen LogP) is 3.23. The monoisotopic (exact) mass is 501 g/mol. The van der Waals surface area contributed by atoms with Crippen LogP contribution in [0.2, 0.25) is 0 Å². The van der Waals surface area contributed by atoms with E-state index in [1.165, 1.54) is 12.1 Å². The Morgan fingerprint density at radius 1 is 1.09 bits per heavy atom. The minimum atomic E-state index is -4.16. The van der Waals surface area contributed by atoms with E-state index >= 15 is 0 Å². The van der Waals surface area contributed by atoms with E-state index in [2.05, 4.69) is 10.1 Å². The summed E-state index contributed by atoms with van der Waals surface area (Å²) in [4.78, 5) is 29.6. The maximum Gasteiger partial charge on any atom is 0.265 e. The van der Waals surface area contributed by atoms with Gasteiger partial charge in [0.1, 0.15) is 11.8 Å². The van der Waals surface area contributed by atoms with Gasteiger partial charge in [0.25, 0.3) is 21.8 Å². The minimum Gasteiger partial charge on any atom is -0.372 e. The average molecular weight is 502 g/mol. The van der Waals surface area contributed by atoms with Gasteiger partial charge < -0.3 is 10.4 Å². The lowest BCUT2D eigenvalue weighted by atomic mass is 9.67. The second-order valence-electron chi connectivity index (χ2n) is 10.0. The molecule has 0 aliphatic carbocycles. The molecule has 0 saturated carbocycles. The van der Waals surface area contributed by atoms with Gasteiger partial charge in [-0.1, -0.05) is 63.6 Å². The highest BCUT2D eigenvalue weighted by Gasteiger charge is 2.56. The number of piperidine rings is 1. The van der Waals surface area contributed by atoms with Crippen LogP contribution in [0.3, 0.4) is 0 Å². The zero-order valence-electron chi connectivity index (χ0n) is 20.9. The van der Waals surface area contributed by atoms with Crippen molar-refractivity contribution in [2.75, 3.05) is 0 Å². The summed E-state index contributed by atoms with van der Waals surface area (Å²) in [6.45, 7) is 9.57. The molecule has 0 bridgehead atoms. The number of benzene rings is 2. The molecule has 0 radical (unpaired) electrons. The first kappa shape index (κ1) is 26.8. The average Bonchev–Trinajstić information content (AvgIpc) is 2.79. The molecular formula is C26H35N3O5S. The van der Waals surface area contributed by atoms with Gasteiger partial charge in [-0.2, -0.15) is 0 Å². The van der Waals surface area contributed by atoms with Crippen molar-refractivity contribution in [3.8, 4) is 0 Å². The smallest absolute Gasteiger partial charge is 0.265 e. The number of nitrogens with one attached hydrogen (secondary N) is 2. The van der Waals surface area contributed by atoms with Gasteiger partial charge in [-0.15, -0.1) is 4.83 Å². The SMILES string of the molecule is Cc1ccc(S(=O)(=O)NN2C(=O)[C@@](CC(C)C)(NC(=O)c3ccccc3)[C@H](C(C)C)C[C@@H]2O)cc1. The van der Waals surface area contributed by atoms with Crippen molar-refractivity contribution in [2.45, 2.75) is 64.1 Å². The Morgan fingerprint density at radius 2 is 1.69 bits per heavy atom. The Morgan fingerprint density at radius 3 is 2.23 bits per heavy atom. The van der Waals surface area contributed by atoms with E-state index in [1.54, 1.807) is 42.5 Å². The van der Waals surface area contributed by atoms with Crippen LogP contribution in [0.1, 0.15) is 56.5 Å². The fourth-order valence-corrected chi connectivity index (χ4v) is 5.89. The molecule has 9 heteroatoms. The van der Waals surface area contributed by atoms with Crippen molar-refractivity contribution in [2.24, 2.45) is 17.8 Å². The fourth-order valence-electron chi connectivity index (χ4n) is 4.83. The Labute approximate surface area is 207 Å². The number of aliphatic hydroxyl groups excluding tert-OH is 1. The molecule has 190 valence electrons. The maximum atomic E-state index is 14.1. The Balaban J connectivity index is 2.04. The molecule has 1 aliphatic heterocycles. The summed E-state index contributed by atoms with van der Waals surface area (Å²) in [7, 11) is -4.16. The van der Waals surface area contributed by atoms with Gasteiger partial charge >= 0.3 is 0 Å². The third kappa shape index (κ3) is 5.74. The number of rotatable bonds is 8. The maximum absolute atomic E-state index is 14.1. The normalized spacial score (nSPS) is 23.1. The third-order valence-corrected chi connectivity index (χ3v) is 7.78. The summed E-state index contributed by atoms with van der Waals surface area (Å²) < 4.78 is 26.2. The van der Waals surface area contributed by atoms with Gasteiger partial charge in [0, 0.05) is 5.56 Å². The largest absolute Gasteiger partial charge is 0.372 e. The Kier molecular flexibility index (Phi) is 8.03. The summed E-state index contributed by atoms with van der Waals surface area (Å²) >= 11 is 0. The highest BCUT2D eigenvalue weighted by molar-refractivity contribution is 7.89. The Bertz CT molecular complexity index is 1150. The first-order chi connectivity index (χ1) is 16.4. The number of aliphatic hydroxyl groups is 1. The molecule has 1 aliphatic rings. The second-order valence-corrected chi connectivity index (χ2v) is 11.7. The van der Waals surface area contributed by atoms with Crippen LogP contribution in [0.5, 0.6) is 0 Å². The Hall–Kier alpha value is -2.75. The molecule has 3 atom stereocenters. The molecule has 0 spiro atoms. The van der Waals surface area contributed by atoms with Crippen LogP contribution in [0, 0.1) is 24.7 Å². The number of hydrogen-bond donors (Lipinski definition) is 3. The number of carbonyl (C=O) groups is 2. The van der Waals surface area contributed by atoms with E-state index in [9.17, 15) is 23.1 Å². The summed E-state index contributed by atoms with van der Waals surface area (Å²) in [6.07, 6.45) is -1.01. The van der Waals surface area contributed by atoms with E-state index in [4.69, 9.17) is 0 Å². The highest BCUT2D eigenvalue weighted by Crippen LogP contribution is 2.40. The number of carbonyl (C=O) groups excluding carboxylic acids is 2. The minimum absolute atomic E-state index is 0.00192. The summed E-state index contributed by atoms with van der Waals surface area (Å²) in [6, 6.07) is 14.8. The fraction of sp³-hybridized carbons (Fsp3) is 0.462. The first-order valence-electron chi connectivity index (χ1n) is 11.9. The molecule has 2 aromatic carbocycles. The van der Waals surface area contributed by atoms with Gasteiger partial charge in [0.2, 0.25) is 0 Å². The molecule has 35 heavy (non-hydrogen) atoms. The topological polar surface area (TPSA) is 116 Å². The molecule has 2 aromatic rings. The molecule has 8 nitrogen and oxygen atoms in total. The summed E-state index contributed by atoms with van der Waals surface area (Å²) in [5, 5.41) is 14.6. The quantitative estimate of drug-likeness (QED) is 0.514. The van der Waals surface area contributed by atoms with E-state index in [-0.39, 0.29) is 29.6 Å². The van der Waals surface area contributed by atoms with Gasteiger partial charge in [0.15, 0.2) is 0 Å². The van der Waals surface area contributed by atoms with Crippen molar-refractivity contribution in [3.63, 3.8) is 0 Å². The van der Waals surface area contributed by atoms with Crippen LogP contribution >= 0.6 is 0 Å². The number of aryl methyl sites for hydroxylation is 1. The summed E-state index contributed by atoms with van der Waals surface area (Å²) in [5.74, 6) is -1.59. The number of nitrogens with zero attached hydrogens (tertiary/aromatic N) is 1. The van der Waals surface area contributed by atoms with Crippen LogP contribution in [0.25, 0.3) is 0 Å². The molecule has 3 N–H and O–H groups in total. The van der Waals surface area contributed by atoms with Crippen LogP contribution in [0.4, 0.5) is 0 Å². The predicted molar refractivity (Wildman–Crippen MR) is 133 cm³/mol. The van der Waals surface area contributed by atoms with Crippen LogP contribution in [0.15, 0.2) is 59.5 Å². The van der Waals surface area contributed by atoms with Gasteiger partial charge in [-0.3, -0.25) is 9.59 Å². The molecule has 2 amide bonds. The van der Waals surface area contributed by atoms with Gasteiger partial charge in [-0.05, 0) is 61.8 Å². The molecule has 1 saturated heterocycles. The molecule has 1 heterocycles. The molecule has 1 fully saturated rings. The lowest BCUT2D eigenvalue weighted by Gasteiger charge is -2.51. The molecule has 3 rings (SSSR count). The summed E-state index contributed by atoms with van der Waals surface area (Å²) in [5.41, 5.74) is -0.134. The van der Waals surface area contributed by atoms with E-state index < -0.39 is 39.5 Å². The van der Waals surface area contributed by atoms with Crippen molar-refractivity contribution in [3.05, 3.63) is 65.7 Å². The van der Waals surface area contributed by atoms with Crippen molar-refractivity contribution < 1.29 is 23.1 Å². The van der Waals surface area contributed by atoms with Crippen molar-refractivity contribution >= 4 is 21.8 Å². The van der Waals surface area contributed by atoms with E-state index in [0.29, 0.717) is 5.56 Å². The molecular weight excluding hydrogens is 466 g/mol. The third-order valence-electron chi connectivity index (χ3n) is 6.45.